The number of rotatable bonds is 9. The maximum Gasteiger partial charge on any atom is 0.410 e. The smallest absolute Gasteiger partial charge is 0.410 e. The van der Waals surface area contributed by atoms with E-state index in [1.165, 1.54) is 6.07 Å². The number of carboxylic acid groups (broad SMARTS) is 1. The molecule has 1 saturated carbocycles. The van der Waals surface area contributed by atoms with Crippen molar-refractivity contribution in [3.05, 3.63) is 89.0 Å². The van der Waals surface area contributed by atoms with Gasteiger partial charge in [0.25, 0.3) is 0 Å². The van der Waals surface area contributed by atoms with E-state index in [4.69, 9.17) is 9.84 Å². The molecule has 1 aromatic heterocycles. The van der Waals surface area contributed by atoms with Crippen molar-refractivity contribution >= 4 is 12.1 Å². The maximum absolute atomic E-state index is 13.8. The molecular formula is C28H31F2N3O4. The Balaban J connectivity index is 1.39. The summed E-state index contributed by atoms with van der Waals surface area (Å²) in [6.07, 6.45) is 5.39. The number of amides is 1. The number of benzene rings is 2. The molecule has 2 atom stereocenters. The minimum atomic E-state index is -0.944. The third-order valence-corrected chi connectivity index (χ3v) is 6.26. The van der Waals surface area contributed by atoms with Crippen molar-refractivity contribution in [1.29, 1.82) is 0 Å². The molecule has 1 aliphatic carbocycles. The highest BCUT2D eigenvalue weighted by molar-refractivity contribution is 5.87. The fourth-order valence-corrected chi connectivity index (χ4v) is 4.33. The molecule has 4 rings (SSSR count). The van der Waals surface area contributed by atoms with Crippen LogP contribution in [0.1, 0.15) is 66.7 Å². The number of nitrogens with zero attached hydrogens (tertiary/aromatic N) is 3. The second kappa shape index (κ2) is 10.7. The quantitative estimate of drug-likeness (QED) is 0.393. The SMILES string of the molecule is CC(C)(C)OC(=O)N(Cc1cn(CCCc2ccc(C(=O)O)cc2)cn1)C1CC1c1ccc(F)c(F)c1. The lowest BCUT2D eigenvalue weighted by Crippen LogP contribution is -2.38. The van der Waals surface area contributed by atoms with Crippen molar-refractivity contribution < 1.29 is 28.2 Å². The Bertz CT molecular complexity index is 1270. The first-order valence-electron chi connectivity index (χ1n) is 12.3. The lowest BCUT2D eigenvalue weighted by molar-refractivity contribution is 0.0210. The normalized spacial score (nSPS) is 16.9. The Hall–Kier alpha value is -3.75. The van der Waals surface area contributed by atoms with E-state index in [1.54, 1.807) is 50.2 Å². The summed E-state index contributed by atoms with van der Waals surface area (Å²) in [6.45, 7) is 6.34. The van der Waals surface area contributed by atoms with Gasteiger partial charge in [-0.15, -0.1) is 0 Å². The summed E-state index contributed by atoms with van der Waals surface area (Å²) in [5.74, 6) is -2.84. The van der Waals surface area contributed by atoms with E-state index in [0.717, 1.165) is 24.5 Å². The van der Waals surface area contributed by atoms with Crippen molar-refractivity contribution in [2.45, 2.75) is 70.7 Å². The molecule has 7 nitrogen and oxygen atoms in total. The number of hydrogen-bond acceptors (Lipinski definition) is 4. The van der Waals surface area contributed by atoms with Gasteiger partial charge in [0, 0.05) is 24.7 Å². The van der Waals surface area contributed by atoms with E-state index in [0.29, 0.717) is 24.2 Å². The van der Waals surface area contributed by atoms with E-state index in [1.807, 2.05) is 22.9 Å². The zero-order valence-corrected chi connectivity index (χ0v) is 21.2. The second-order valence-corrected chi connectivity index (χ2v) is 10.4. The summed E-state index contributed by atoms with van der Waals surface area (Å²) >= 11 is 0. The predicted molar refractivity (Wildman–Crippen MR) is 133 cm³/mol. The van der Waals surface area contributed by atoms with Crippen LogP contribution in [0.4, 0.5) is 13.6 Å². The van der Waals surface area contributed by atoms with Crippen LogP contribution in [0, 0.1) is 11.6 Å². The van der Waals surface area contributed by atoms with Crippen LogP contribution in [-0.2, 0) is 24.2 Å². The molecule has 0 spiro atoms. The fraction of sp³-hybridized carbons (Fsp3) is 0.393. The van der Waals surface area contributed by atoms with Crippen LogP contribution in [-0.4, -0.2) is 43.3 Å². The van der Waals surface area contributed by atoms with Crippen molar-refractivity contribution in [2.75, 3.05) is 0 Å². The highest BCUT2D eigenvalue weighted by Crippen LogP contribution is 2.46. The number of carbonyl (C=O) groups is 2. The average Bonchev–Trinajstić information content (AvgIpc) is 3.49. The molecule has 2 aromatic carbocycles. The summed E-state index contributed by atoms with van der Waals surface area (Å²) in [5, 5.41) is 9.02. The molecular weight excluding hydrogens is 480 g/mol. The van der Waals surface area contributed by atoms with Crippen LogP contribution in [0.3, 0.4) is 0 Å². The number of ether oxygens (including phenoxy) is 1. The maximum atomic E-state index is 13.8. The molecule has 1 aliphatic rings. The average molecular weight is 512 g/mol. The van der Waals surface area contributed by atoms with Gasteiger partial charge in [0.1, 0.15) is 5.60 Å². The van der Waals surface area contributed by atoms with Gasteiger partial charge in [-0.3, -0.25) is 4.90 Å². The lowest BCUT2D eigenvalue weighted by Gasteiger charge is -2.27. The van der Waals surface area contributed by atoms with Gasteiger partial charge in [0.05, 0.1) is 24.1 Å². The predicted octanol–water partition coefficient (Wildman–Crippen LogP) is 5.79. The van der Waals surface area contributed by atoms with Gasteiger partial charge in [0.15, 0.2) is 11.6 Å². The van der Waals surface area contributed by atoms with Crippen molar-refractivity contribution in [2.24, 2.45) is 0 Å². The molecule has 0 radical (unpaired) electrons. The van der Waals surface area contributed by atoms with Crippen LogP contribution in [0.25, 0.3) is 0 Å². The van der Waals surface area contributed by atoms with E-state index in [9.17, 15) is 18.4 Å². The molecule has 0 saturated heterocycles. The zero-order valence-electron chi connectivity index (χ0n) is 21.2. The molecule has 9 heteroatoms. The summed E-state index contributed by atoms with van der Waals surface area (Å²) in [6, 6.07) is 10.5. The molecule has 3 aromatic rings. The van der Waals surface area contributed by atoms with Crippen LogP contribution < -0.4 is 0 Å². The Morgan fingerprint density at radius 2 is 1.86 bits per heavy atom. The van der Waals surface area contributed by atoms with Crippen LogP contribution in [0.15, 0.2) is 55.0 Å². The minimum absolute atomic E-state index is 0.0998. The number of aromatic nitrogens is 2. The second-order valence-electron chi connectivity index (χ2n) is 10.4. The van der Waals surface area contributed by atoms with Gasteiger partial charge in [-0.2, -0.15) is 0 Å². The van der Waals surface area contributed by atoms with Gasteiger partial charge in [-0.05, 0) is 75.4 Å². The topological polar surface area (TPSA) is 84.7 Å². The number of aromatic carboxylic acids is 1. The van der Waals surface area contributed by atoms with Crippen molar-refractivity contribution in [1.82, 2.24) is 14.5 Å². The van der Waals surface area contributed by atoms with E-state index in [2.05, 4.69) is 4.98 Å². The van der Waals surface area contributed by atoms with Crippen LogP contribution in [0.2, 0.25) is 0 Å². The number of aryl methyl sites for hydroxylation is 2. The third-order valence-electron chi connectivity index (χ3n) is 6.26. The van der Waals surface area contributed by atoms with Crippen molar-refractivity contribution in [3.8, 4) is 0 Å². The summed E-state index contributed by atoms with van der Waals surface area (Å²) < 4.78 is 34.7. The van der Waals surface area contributed by atoms with Crippen molar-refractivity contribution in [3.63, 3.8) is 0 Å². The lowest BCUT2D eigenvalue weighted by atomic mass is 10.1. The first-order chi connectivity index (χ1) is 17.5. The number of carbonyl (C=O) groups excluding carboxylic acids is 1. The monoisotopic (exact) mass is 511 g/mol. The Morgan fingerprint density at radius 1 is 1.14 bits per heavy atom. The molecule has 1 heterocycles. The largest absolute Gasteiger partial charge is 0.478 e. The number of imidazole rings is 1. The number of halogens is 2. The number of hydrogen-bond donors (Lipinski definition) is 1. The van der Waals surface area contributed by atoms with Gasteiger partial charge in [0.2, 0.25) is 0 Å². The highest BCUT2D eigenvalue weighted by atomic mass is 19.2. The Kier molecular flexibility index (Phi) is 7.61. The molecule has 0 bridgehead atoms. The van der Waals surface area contributed by atoms with Crippen LogP contribution >= 0.6 is 0 Å². The molecule has 1 amide bonds. The Morgan fingerprint density at radius 3 is 2.51 bits per heavy atom. The molecule has 1 N–H and O–H groups in total. The summed E-state index contributed by atoms with van der Waals surface area (Å²) in [4.78, 5) is 30.1. The van der Waals surface area contributed by atoms with E-state index < -0.39 is 29.3 Å². The van der Waals surface area contributed by atoms with Gasteiger partial charge >= 0.3 is 12.1 Å². The molecule has 196 valence electrons. The molecule has 2 unspecified atom stereocenters. The zero-order chi connectivity index (χ0) is 26.7. The van der Waals surface area contributed by atoms with Gasteiger partial charge in [-0.25, -0.2) is 23.4 Å². The summed E-state index contributed by atoms with van der Waals surface area (Å²) in [5.41, 5.74) is 1.99. The summed E-state index contributed by atoms with van der Waals surface area (Å²) in [7, 11) is 0. The molecule has 1 fully saturated rings. The fourth-order valence-electron chi connectivity index (χ4n) is 4.33. The van der Waals surface area contributed by atoms with E-state index in [-0.39, 0.29) is 24.1 Å². The van der Waals surface area contributed by atoms with Gasteiger partial charge in [-0.1, -0.05) is 18.2 Å². The van der Waals surface area contributed by atoms with E-state index >= 15 is 0 Å². The highest BCUT2D eigenvalue weighted by Gasteiger charge is 2.46. The molecule has 0 aliphatic heterocycles. The first kappa shape index (κ1) is 26.3. The number of carboxylic acids is 1. The minimum Gasteiger partial charge on any atom is -0.478 e. The van der Waals surface area contributed by atoms with Crippen LogP contribution in [0.5, 0.6) is 0 Å². The standard InChI is InChI=1S/C28H31F2N3O4/c1-28(2,3)37-27(36)33(25-14-22(25)20-10-11-23(29)24(30)13-20)16-21-15-32(17-31-21)12-4-5-18-6-8-19(9-7-18)26(34)35/h6-11,13,15,17,22,25H,4-5,12,14,16H2,1-3H3,(H,34,35). The van der Waals surface area contributed by atoms with Gasteiger partial charge < -0.3 is 14.4 Å². The Labute approximate surface area is 214 Å². The third kappa shape index (κ3) is 6.93. The first-order valence-corrected chi connectivity index (χ1v) is 12.3. The molecule has 37 heavy (non-hydrogen) atoms.